The molecule has 0 radical (unpaired) electrons. The molecule has 1 heterocycles. The minimum absolute atomic E-state index is 0.0494. The SMILES string of the molecule is CC(CC1CC1c1ccc(-c2ccc(Cl)cn2)cc1)NS(=O)O. The third-order valence-corrected chi connectivity index (χ3v) is 5.07. The fourth-order valence-corrected chi connectivity index (χ4v) is 3.59. The summed E-state index contributed by atoms with van der Waals surface area (Å²) in [4.78, 5) is 4.33. The van der Waals surface area contributed by atoms with Crippen molar-refractivity contribution >= 4 is 22.9 Å². The first-order valence-electron chi connectivity index (χ1n) is 7.62. The highest BCUT2D eigenvalue weighted by Gasteiger charge is 2.38. The Balaban J connectivity index is 1.60. The Morgan fingerprint density at radius 1 is 1.35 bits per heavy atom. The lowest BCUT2D eigenvalue weighted by Crippen LogP contribution is -2.28. The van der Waals surface area contributed by atoms with Crippen molar-refractivity contribution in [2.24, 2.45) is 5.92 Å². The Bertz CT molecular complexity index is 691. The largest absolute Gasteiger partial charge is 0.294 e. The standard InChI is InChI=1S/C17H19ClN2O2S/c1-11(20-23(21)22)8-14-9-16(14)12-2-4-13(5-3-12)17-7-6-15(18)10-19-17/h2-7,10-11,14,16,20H,8-9H2,1H3,(H,21,22). The summed E-state index contributed by atoms with van der Waals surface area (Å²) in [5.74, 6) is 1.14. The van der Waals surface area contributed by atoms with Crippen molar-refractivity contribution in [1.29, 1.82) is 0 Å². The average Bonchev–Trinajstić information content (AvgIpc) is 3.26. The predicted octanol–water partition coefficient (Wildman–Crippen LogP) is 4.01. The van der Waals surface area contributed by atoms with Crippen molar-refractivity contribution in [2.75, 3.05) is 0 Å². The lowest BCUT2D eigenvalue weighted by atomic mass is 10.0. The number of nitrogens with one attached hydrogen (secondary N) is 1. The number of halogens is 1. The number of aromatic nitrogens is 1. The van der Waals surface area contributed by atoms with E-state index in [0.29, 0.717) is 16.9 Å². The second-order valence-electron chi connectivity index (χ2n) is 6.09. The van der Waals surface area contributed by atoms with E-state index in [1.165, 1.54) is 5.56 Å². The van der Waals surface area contributed by atoms with Gasteiger partial charge in [-0.15, -0.1) is 0 Å². The van der Waals surface area contributed by atoms with Crippen molar-refractivity contribution in [3.8, 4) is 11.3 Å². The minimum atomic E-state index is -1.93. The normalized spacial score (nSPS) is 22.6. The highest BCUT2D eigenvalue weighted by molar-refractivity contribution is 7.77. The van der Waals surface area contributed by atoms with Crippen LogP contribution in [0, 0.1) is 5.92 Å². The Morgan fingerprint density at radius 2 is 2.09 bits per heavy atom. The summed E-state index contributed by atoms with van der Waals surface area (Å²) in [7, 11) is 0. The molecule has 1 aliphatic carbocycles. The molecule has 0 saturated heterocycles. The van der Waals surface area contributed by atoms with Gasteiger partial charge in [0.1, 0.15) is 0 Å². The van der Waals surface area contributed by atoms with Crippen LogP contribution < -0.4 is 4.72 Å². The zero-order valence-electron chi connectivity index (χ0n) is 12.8. The van der Waals surface area contributed by atoms with E-state index in [0.717, 1.165) is 24.1 Å². The molecule has 1 fully saturated rings. The quantitative estimate of drug-likeness (QED) is 0.774. The first kappa shape index (κ1) is 16.6. The summed E-state index contributed by atoms with van der Waals surface area (Å²) in [6.45, 7) is 1.94. The Labute approximate surface area is 143 Å². The molecule has 0 aliphatic heterocycles. The fourth-order valence-electron chi connectivity index (χ4n) is 3.04. The summed E-state index contributed by atoms with van der Waals surface area (Å²) in [6.07, 6.45) is 3.71. The monoisotopic (exact) mass is 350 g/mol. The van der Waals surface area contributed by atoms with Gasteiger partial charge in [0, 0.05) is 17.8 Å². The van der Waals surface area contributed by atoms with Gasteiger partial charge in [0.2, 0.25) is 11.3 Å². The minimum Gasteiger partial charge on any atom is -0.294 e. The van der Waals surface area contributed by atoms with E-state index >= 15 is 0 Å². The molecule has 1 saturated carbocycles. The first-order valence-corrected chi connectivity index (χ1v) is 9.10. The van der Waals surface area contributed by atoms with E-state index in [1.54, 1.807) is 6.20 Å². The van der Waals surface area contributed by atoms with Gasteiger partial charge in [0.15, 0.2) is 0 Å². The molecule has 4 atom stereocenters. The van der Waals surface area contributed by atoms with Gasteiger partial charge in [-0.3, -0.25) is 9.54 Å². The molecule has 0 amide bonds. The molecule has 4 nitrogen and oxygen atoms in total. The Morgan fingerprint density at radius 3 is 2.70 bits per heavy atom. The van der Waals surface area contributed by atoms with E-state index in [-0.39, 0.29) is 6.04 Å². The third kappa shape index (κ3) is 4.38. The van der Waals surface area contributed by atoms with E-state index < -0.39 is 11.3 Å². The van der Waals surface area contributed by atoms with Gasteiger partial charge >= 0.3 is 0 Å². The molecule has 1 aliphatic rings. The number of pyridine rings is 1. The van der Waals surface area contributed by atoms with Crippen molar-refractivity contribution in [1.82, 2.24) is 9.71 Å². The van der Waals surface area contributed by atoms with Gasteiger partial charge in [-0.05, 0) is 49.3 Å². The maximum atomic E-state index is 10.7. The van der Waals surface area contributed by atoms with Crippen LogP contribution in [0.3, 0.4) is 0 Å². The molecule has 2 N–H and O–H groups in total. The average molecular weight is 351 g/mol. The molecule has 1 aromatic heterocycles. The third-order valence-electron chi connectivity index (χ3n) is 4.24. The van der Waals surface area contributed by atoms with Crippen LogP contribution in [0.5, 0.6) is 0 Å². The van der Waals surface area contributed by atoms with Gasteiger partial charge < -0.3 is 0 Å². The molecule has 2 aromatic rings. The zero-order chi connectivity index (χ0) is 16.4. The van der Waals surface area contributed by atoms with Crippen LogP contribution in [0.4, 0.5) is 0 Å². The zero-order valence-corrected chi connectivity index (χ0v) is 14.3. The van der Waals surface area contributed by atoms with Gasteiger partial charge in [-0.25, -0.2) is 8.93 Å². The van der Waals surface area contributed by atoms with Crippen LogP contribution in [-0.2, 0) is 11.3 Å². The Hall–Kier alpha value is -1.27. The molecule has 3 rings (SSSR count). The fraction of sp³-hybridized carbons (Fsp3) is 0.353. The van der Waals surface area contributed by atoms with Crippen LogP contribution >= 0.6 is 11.6 Å². The molecule has 6 heteroatoms. The molecule has 23 heavy (non-hydrogen) atoms. The first-order chi connectivity index (χ1) is 11.0. The number of hydrogen-bond acceptors (Lipinski definition) is 2. The van der Waals surface area contributed by atoms with Crippen LogP contribution in [-0.4, -0.2) is 19.8 Å². The number of benzene rings is 1. The van der Waals surface area contributed by atoms with Gasteiger partial charge in [-0.1, -0.05) is 35.9 Å². The highest BCUT2D eigenvalue weighted by atomic mass is 35.5. The van der Waals surface area contributed by atoms with Crippen molar-refractivity contribution < 1.29 is 8.76 Å². The van der Waals surface area contributed by atoms with E-state index in [9.17, 15) is 4.21 Å². The molecule has 0 bridgehead atoms. The number of nitrogens with zero attached hydrogens (tertiary/aromatic N) is 1. The molecule has 0 spiro atoms. The highest BCUT2D eigenvalue weighted by Crippen LogP contribution is 2.50. The van der Waals surface area contributed by atoms with Gasteiger partial charge in [-0.2, -0.15) is 0 Å². The molecular weight excluding hydrogens is 332 g/mol. The second kappa shape index (κ2) is 7.09. The van der Waals surface area contributed by atoms with Crippen molar-refractivity contribution in [3.63, 3.8) is 0 Å². The van der Waals surface area contributed by atoms with E-state index in [1.807, 2.05) is 19.1 Å². The van der Waals surface area contributed by atoms with Crippen LogP contribution in [0.25, 0.3) is 11.3 Å². The second-order valence-corrected chi connectivity index (χ2v) is 7.26. The molecule has 1 aromatic carbocycles. The number of rotatable bonds is 6. The number of hydrogen-bond donors (Lipinski definition) is 2. The topological polar surface area (TPSA) is 62.2 Å². The van der Waals surface area contributed by atoms with Crippen molar-refractivity contribution in [2.45, 2.75) is 31.7 Å². The van der Waals surface area contributed by atoms with Crippen LogP contribution in [0.1, 0.15) is 31.2 Å². The molecule has 122 valence electrons. The summed E-state index contributed by atoms with van der Waals surface area (Å²) < 4.78 is 22.2. The predicted molar refractivity (Wildman–Crippen MR) is 93.5 cm³/mol. The van der Waals surface area contributed by atoms with Crippen molar-refractivity contribution in [3.05, 3.63) is 53.2 Å². The van der Waals surface area contributed by atoms with E-state index in [2.05, 4.69) is 34.0 Å². The smallest absolute Gasteiger partial charge is 0.231 e. The van der Waals surface area contributed by atoms with Crippen LogP contribution in [0.2, 0.25) is 5.02 Å². The maximum absolute atomic E-state index is 10.7. The summed E-state index contributed by atoms with van der Waals surface area (Å²) >= 11 is 3.93. The Kier molecular flexibility index (Phi) is 5.11. The summed E-state index contributed by atoms with van der Waals surface area (Å²) in [5, 5.41) is 0.637. The lowest BCUT2D eigenvalue weighted by Gasteiger charge is -2.10. The lowest BCUT2D eigenvalue weighted by molar-refractivity contribution is 0.506. The maximum Gasteiger partial charge on any atom is 0.231 e. The summed E-state index contributed by atoms with van der Waals surface area (Å²) in [5.41, 5.74) is 3.31. The van der Waals surface area contributed by atoms with Crippen LogP contribution in [0.15, 0.2) is 42.6 Å². The van der Waals surface area contributed by atoms with Gasteiger partial charge in [0.05, 0.1) is 10.7 Å². The van der Waals surface area contributed by atoms with E-state index in [4.69, 9.17) is 16.2 Å². The molecular formula is C17H19ClN2O2S. The summed E-state index contributed by atoms with van der Waals surface area (Å²) in [6, 6.07) is 12.3. The van der Waals surface area contributed by atoms with Gasteiger partial charge in [0.25, 0.3) is 0 Å². The molecule has 4 unspecified atom stereocenters.